The first kappa shape index (κ1) is 14.4. The van der Waals surface area contributed by atoms with E-state index in [-0.39, 0.29) is 17.7 Å². The summed E-state index contributed by atoms with van der Waals surface area (Å²) in [5.41, 5.74) is 2.02. The van der Waals surface area contributed by atoms with E-state index in [9.17, 15) is 9.59 Å². The monoisotopic (exact) mass is 299 g/mol. The minimum absolute atomic E-state index is 0.0506. The van der Waals surface area contributed by atoms with Crippen molar-refractivity contribution in [2.75, 3.05) is 4.90 Å². The predicted molar refractivity (Wildman–Crippen MR) is 80.7 cm³/mol. The van der Waals surface area contributed by atoms with Crippen LogP contribution in [0.15, 0.2) is 47.1 Å². The molecule has 1 aliphatic heterocycles. The molecule has 5 heteroatoms. The van der Waals surface area contributed by atoms with Gasteiger partial charge in [-0.25, -0.2) is 4.79 Å². The van der Waals surface area contributed by atoms with Crippen LogP contribution in [0.1, 0.15) is 30.0 Å². The topological polar surface area (TPSA) is 59.8 Å². The molecule has 0 bridgehead atoms. The number of benzene rings is 1. The molecule has 114 valence electrons. The van der Waals surface area contributed by atoms with Crippen LogP contribution in [0, 0.1) is 0 Å². The summed E-state index contributed by atoms with van der Waals surface area (Å²) in [5.74, 6) is -0.766. The lowest BCUT2D eigenvalue weighted by molar-refractivity contribution is -0.126. The van der Waals surface area contributed by atoms with Crippen molar-refractivity contribution in [2.45, 2.75) is 32.4 Å². The number of para-hydroxylation sites is 1. The third kappa shape index (κ3) is 2.50. The first-order chi connectivity index (χ1) is 10.6. The van der Waals surface area contributed by atoms with Gasteiger partial charge in [0.15, 0.2) is 6.10 Å². The lowest BCUT2D eigenvalue weighted by Gasteiger charge is -2.25. The number of hydrogen-bond acceptors (Lipinski definition) is 4. The predicted octanol–water partition coefficient (Wildman–Crippen LogP) is 2.80. The summed E-state index contributed by atoms with van der Waals surface area (Å²) in [6.07, 6.45) is 1.33. The maximum atomic E-state index is 12.6. The van der Waals surface area contributed by atoms with Crippen LogP contribution in [0.4, 0.5) is 5.69 Å². The van der Waals surface area contributed by atoms with Crippen molar-refractivity contribution in [1.82, 2.24) is 0 Å². The van der Waals surface area contributed by atoms with Crippen molar-refractivity contribution in [3.05, 3.63) is 54.0 Å². The molecule has 1 aromatic heterocycles. The second-order valence-electron chi connectivity index (χ2n) is 5.41. The second-order valence-corrected chi connectivity index (χ2v) is 5.41. The molecule has 2 aromatic rings. The van der Waals surface area contributed by atoms with Crippen LogP contribution < -0.4 is 4.90 Å². The van der Waals surface area contributed by atoms with Crippen LogP contribution in [-0.2, 0) is 16.0 Å². The number of anilines is 1. The van der Waals surface area contributed by atoms with Gasteiger partial charge in [-0.15, -0.1) is 0 Å². The largest absolute Gasteiger partial charge is 0.457 e. The lowest BCUT2D eigenvalue weighted by atomic mass is 10.1. The van der Waals surface area contributed by atoms with Gasteiger partial charge in [0.2, 0.25) is 5.76 Å². The molecule has 1 aromatic carbocycles. The Morgan fingerprint density at radius 3 is 2.77 bits per heavy atom. The molecule has 1 amide bonds. The number of fused-ring (bicyclic) bond motifs is 1. The Morgan fingerprint density at radius 1 is 1.27 bits per heavy atom. The highest BCUT2D eigenvalue weighted by atomic mass is 16.6. The molecule has 2 atom stereocenters. The van der Waals surface area contributed by atoms with Gasteiger partial charge in [0.1, 0.15) is 0 Å². The Morgan fingerprint density at radius 2 is 2.05 bits per heavy atom. The maximum Gasteiger partial charge on any atom is 0.374 e. The molecular weight excluding hydrogens is 282 g/mol. The number of hydrogen-bond donors (Lipinski definition) is 0. The summed E-state index contributed by atoms with van der Waals surface area (Å²) >= 11 is 0. The third-order valence-corrected chi connectivity index (χ3v) is 3.80. The molecule has 0 fully saturated rings. The van der Waals surface area contributed by atoms with Crippen molar-refractivity contribution >= 4 is 17.6 Å². The van der Waals surface area contributed by atoms with E-state index in [2.05, 4.69) is 0 Å². The van der Waals surface area contributed by atoms with Gasteiger partial charge in [0, 0.05) is 11.7 Å². The fourth-order valence-electron chi connectivity index (χ4n) is 2.76. The zero-order valence-electron chi connectivity index (χ0n) is 12.5. The average molecular weight is 299 g/mol. The molecule has 0 aliphatic carbocycles. The maximum absolute atomic E-state index is 12.6. The van der Waals surface area contributed by atoms with Crippen LogP contribution in [0.5, 0.6) is 0 Å². The molecule has 3 rings (SSSR count). The minimum Gasteiger partial charge on any atom is -0.457 e. The molecule has 22 heavy (non-hydrogen) atoms. The Labute approximate surface area is 128 Å². The SMILES string of the molecule is C[C@H](OC(=O)c1ccco1)C(=O)N1c2ccccc2C[C@H]1C. The Hall–Kier alpha value is -2.56. The first-order valence-electron chi connectivity index (χ1n) is 7.23. The molecule has 0 N–H and O–H groups in total. The van der Waals surface area contributed by atoms with Gasteiger partial charge in [0.05, 0.1) is 6.26 Å². The number of rotatable bonds is 3. The highest BCUT2D eigenvalue weighted by molar-refractivity contribution is 6.00. The minimum atomic E-state index is -0.869. The Bertz CT molecular complexity index is 692. The van der Waals surface area contributed by atoms with E-state index in [4.69, 9.17) is 9.15 Å². The highest BCUT2D eigenvalue weighted by Gasteiger charge is 2.34. The fourth-order valence-corrected chi connectivity index (χ4v) is 2.76. The van der Waals surface area contributed by atoms with Crippen LogP contribution in [0.25, 0.3) is 0 Å². The normalized spacial score (nSPS) is 17.9. The molecule has 0 spiro atoms. The zero-order chi connectivity index (χ0) is 15.7. The van der Waals surface area contributed by atoms with E-state index in [1.54, 1.807) is 17.9 Å². The standard InChI is InChI=1S/C17H17NO4/c1-11-10-13-6-3-4-7-14(13)18(11)16(19)12(2)22-17(20)15-8-5-9-21-15/h3-9,11-12H,10H2,1-2H3/t11-,12+/m1/s1. The summed E-state index contributed by atoms with van der Waals surface area (Å²) < 4.78 is 10.2. The van der Waals surface area contributed by atoms with Crippen molar-refractivity contribution < 1.29 is 18.7 Å². The summed E-state index contributed by atoms with van der Waals surface area (Å²) in [6, 6.07) is 10.9. The summed E-state index contributed by atoms with van der Waals surface area (Å²) in [7, 11) is 0. The molecular formula is C17H17NO4. The van der Waals surface area contributed by atoms with Crippen LogP contribution >= 0.6 is 0 Å². The van der Waals surface area contributed by atoms with Crippen molar-refractivity contribution in [1.29, 1.82) is 0 Å². The summed E-state index contributed by atoms with van der Waals surface area (Å²) in [4.78, 5) is 26.2. The molecule has 0 unspecified atom stereocenters. The van der Waals surface area contributed by atoms with E-state index in [0.29, 0.717) is 0 Å². The van der Waals surface area contributed by atoms with E-state index < -0.39 is 12.1 Å². The summed E-state index contributed by atoms with van der Waals surface area (Å²) in [6.45, 7) is 3.57. The van der Waals surface area contributed by atoms with Crippen LogP contribution in [0.2, 0.25) is 0 Å². The van der Waals surface area contributed by atoms with E-state index in [1.807, 2.05) is 31.2 Å². The van der Waals surface area contributed by atoms with E-state index in [0.717, 1.165) is 17.7 Å². The van der Waals surface area contributed by atoms with Gasteiger partial charge in [0.25, 0.3) is 5.91 Å². The Balaban J connectivity index is 1.75. The fraction of sp³-hybridized carbons (Fsp3) is 0.294. The van der Waals surface area contributed by atoms with Crippen molar-refractivity contribution in [3.8, 4) is 0 Å². The highest BCUT2D eigenvalue weighted by Crippen LogP contribution is 2.32. The number of amides is 1. The number of nitrogens with zero attached hydrogens (tertiary/aromatic N) is 1. The van der Waals surface area contributed by atoms with Gasteiger partial charge < -0.3 is 14.1 Å². The number of esters is 1. The third-order valence-electron chi connectivity index (χ3n) is 3.80. The number of carbonyl (C=O) groups excluding carboxylic acids is 2. The number of ether oxygens (including phenoxy) is 1. The number of furan rings is 1. The van der Waals surface area contributed by atoms with Gasteiger partial charge in [-0.3, -0.25) is 4.79 Å². The van der Waals surface area contributed by atoms with Gasteiger partial charge in [-0.2, -0.15) is 0 Å². The molecule has 2 heterocycles. The zero-order valence-corrected chi connectivity index (χ0v) is 12.5. The van der Waals surface area contributed by atoms with Gasteiger partial charge in [-0.05, 0) is 44.0 Å². The quantitative estimate of drug-likeness (QED) is 0.818. The van der Waals surface area contributed by atoms with E-state index >= 15 is 0 Å². The summed E-state index contributed by atoms with van der Waals surface area (Å²) in [5, 5.41) is 0. The Kier molecular flexibility index (Phi) is 3.71. The smallest absolute Gasteiger partial charge is 0.374 e. The van der Waals surface area contributed by atoms with Crippen molar-refractivity contribution in [3.63, 3.8) is 0 Å². The van der Waals surface area contributed by atoms with Crippen LogP contribution in [-0.4, -0.2) is 24.0 Å². The number of carbonyl (C=O) groups is 2. The molecule has 0 saturated carbocycles. The van der Waals surface area contributed by atoms with Gasteiger partial charge >= 0.3 is 5.97 Å². The van der Waals surface area contributed by atoms with Crippen molar-refractivity contribution in [2.24, 2.45) is 0 Å². The lowest BCUT2D eigenvalue weighted by Crippen LogP contribution is -2.43. The molecule has 0 radical (unpaired) electrons. The first-order valence-corrected chi connectivity index (χ1v) is 7.23. The molecule has 0 saturated heterocycles. The molecule has 1 aliphatic rings. The molecule has 5 nitrogen and oxygen atoms in total. The van der Waals surface area contributed by atoms with E-state index in [1.165, 1.54) is 12.3 Å². The van der Waals surface area contributed by atoms with Gasteiger partial charge in [-0.1, -0.05) is 18.2 Å². The average Bonchev–Trinajstić information content (AvgIpc) is 3.13. The second kappa shape index (κ2) is 5.67. The van der Waals surface area contributed by atoms with Crippen LogP contribution in [0.3, 0.4) is 0 Å².